The first kappa shape index (κ1) is 20.5. The molecular weight excluding hydrogens is 360 g/mol. The monoisotopic (exact) mass is 396 g/mol. The summed E-state index contributed by atoms with van der Waals surface area (Å²) in [5, 5.41) is 0.626. The van der Waals surface area contributed by atoms with Gasteiger partial charge in [0.25, 0.3) is 0 Å². The molecule has 0 aromatic carbocycles. The predicted octanol–water partition coefficient (Wildman–Crippen LogP) is 3.71. The molecule has 0 N–H and O–H groups in total. The molecule has 0 amide bonds. The van der Waals surface area contributed by atoms with E-state index in [-0.39, 0.29) is 0 Å². The van der Waals surface area contributed by atoms with Crippen molar-refractivity contribution in [2.75, 3.05) is 28.4 Å². The lowest BCUT2D eigenvalue weighted by Gasteiger charge is -2.29. The molecule has 4 nitrogen and oxygen atoms in total. The van der Waals surface area contributed by atoms with E-state index in [0.717, 1.165) is 23.7 Å². The van der Waals surface area contributed by atoms with Crippen LogP contribution in [0.25, 0.3) is 0 Å². The molecule has 4 rings (SSSR count). The van der Waals surface area contributed by atoms with Gasteiger partial charge in [-0.05, 0) is 49.4 Å². The number of allylic oxidation sites excluding steroid dienone is 4. The number of fused-ring (bicyclic) bond motifs is 4. The first-order valence-corrected chi connectivity index (χ1v) is 13.0. The Morgan fingerprint density at radius 2 is 1.00 bits per heavy atom. The van der Waals surface area contributed by atoms with Gasteiger partial charge in [0.15, 0.2) is 0 Å². The molecule has 4 aliphatic rings. The molecule has 4 bridgehead atoms. The second kappa shape index (κ2) is 8.01. The topological polar surface area (TPSA) is 36.9 Å². The summed E-state index contributed by atoms with van der Waals surface area (Å²) in [5.74, 6) is 3.23. The van der Waals surface area contributed by atoms with E-state index in [1.54, 1.807) is 28.4 Å². The summed E-state index contributed by atoms with van der Waals surface area (Å²) >= 11 is 0. The van der Waals surface area contributed by atoms with Crippen LogP contribution >= 0.6 is 0 Å². The summed E-state index contributed by atoms with van der Waals surface area (Å²) in [4.78, 5) is 0. The number of hydrogen-bond donors (Lipinski definition) is 0. The van der Waals surface area contributed by atoms with E-state index in [0.29, 0.717) is 10.1 Å². The Bertz CT molecular complexity index is 498. The minimum Gasteiger partial charge on any atom is -0.399 e. The first-order valence-electron chi connectivity index (χ1n) is 9.93. The molecule has 6 heteroatoms. The van der Waals surface area contributed by atoms with E-state index in [1.165, 1.54) is 25.7 Å². The van der Waals surface area contributed by atoms with Crippen LogP contribution in [0.4, 0.5) is 0 Å². The molecule has 6 atom stereocenters. The SMILES string of the molecule is CO[SiH](OC)C12C=CC(C1)C(C)C2.CO[SiH](OC)C12C=CC(C1)C(C)C2. The molecule has 0 aromatic heterocycles. The highest BCUT2D eigenvalue weighted by atomic mass is 28.3. The first-order chi connectivity index (χ1) is 12.4. The Hall–Kier alpha value is -0.246. The van der Waals surface area contributed by atoms with Crippen molar-refractivity contribution >= 4 is 18.6 Å². The second-order valence-electron chi connectivity index (χ2n) is 8.89. The van der Waals surface area contributed by atoms with Gasteiger partial charge < -0.3 is 17.7 Å². The van der Waals surface area contributed by atoms with Crippen molar-refractivity contribution in [1.82, 2.24) is 0 Å². The lowest BCUT2D eigenvalue weighted by Crippen LogP contribution is -2.33. The fraction of sp³-hybridized carbons (Fsp3) is 0.800. The van der Waals surface area contributed by atoms with Crippen LogP contribution in [0.2, 0.25) is 10.1 Å². The van der Waals surface area contributed by atoms with Crippen LogP contribution in [0.15, 0.2) is 24.3 Å². The zero-order chi connectivity index (χ0) is 18.9. The highest BCUT2D eigenvalue weighted by molar-refractivity contribution is 6.50. The molecule has 0 aromatic rings. The van der Waals surface area contributed by atoms with Crippen molar-refractivity contribution < 1.29 is 17.7 Å². The molecular formula is C20H36O4Si2. The number of hydrogen-bond acceptors (Lipinski definition) is 4. The van der Waals surface area contributed by atoms with Gasteiger partial charge in [-0.3, -0.25) is 0 Å². The Balaban J connectivity index is 0.000000151. The van der Waals surface area contributed by atoms with Crippen LogP contribution in [0.5, 0.6) is 0 Å². The molecule has 4 aliphatic carbocycles. The van der Waals surface area contributed by atoms with Crippen molar-refractivity contribution in [1.29, 1.82) is 0 Å². The Kier molecular flexibility index (Phi) is 6.31. The van der Waals surface area contributed by atoms with E-state index < -0.39 is 18.6 Å². The minimum atomic E-state index is -1.46. The molecule has 0 heterocycles. The van der Waals surface area contributed by atoms with Crippen molar-refractivity contribution in [3.05, 3.63) is 24.3 Å². The smallest absolute Gasteiger partial charge is 0.331 e. The molecule has 26 heavy (non-hydrogen) atoms. The van der Waals surface area contributed by atoms with E-state index in [2.05, 4.69) is 38.2 Å². The summed E-state index contributed by atoms with van der Waals surface area (Å²) in [6.45, 7) is 4.68. The van der Waals surface area contributed by atoms with Crippen LogP contribution in [0.3, 0.4) is 0 Å². The Labute approximate surface area is 162 Å². The van der Waals surface area contributed by atoms with Gasteiger partial charge in [-0.2, -0.15) is 0 Å². The van der Waals surface area contributed by atoms with Gasteiger partial charge in [0.2, 0.25) is 0 Å². The normalized spacial score (nSPS) is 42.2. The van der Waals surface area contributed by atoms with Gasteiger partial charge in [-0.15, -0.1) is 0 Å². The predicted molar refractivity (Wildman–Crippen MR) is 110 cm³/mol. The maximum Gasteiger partial charge on any atom is 0.331 e. The van der Waals surface area contributed by atoms with Gasteiger partial charge in [-0.25, -0.2) is 0 Å². The van der Waals surface area contributed by atoms with Crippen molar-refractivity contribution in [2.24, 2.45) is 23.7 Å². The highest BCUT2D eigenvalue weighted by Crippen LogP contribution is 2.60. The van der Waals surface area contributed by atoms with E-state index in [4.69, 9.17) is 17.7 Å². The van der Waals surface area contributed by atoms with Crippen LogP contribution in [-0.2, 0) is 17.7 Å². The summed E-state index contributed by atoms with van der Waals surface area (Å²) in [7, 11) is 4.24. The lowest BCUT2D eigenvalue weighted by molar-refractivity contribution is 0.250. The standard InChI is InChI=1S/2C10H18O2Si/c2*1-8-6-10(13(11-2)12-3)5-4-9(8)7-10/h2*4-5,8-9,13H,6-7H2,1-3H3. The van der Waals surface area contributed by atoms with Crippen molar-refractivity contribution in [3.8, 4) is 0 Å². The molecule has 2 saturated carbocycles. The van der Waals surface area contributed by atoms with Crippen LogP contribution in [0, 0.1) is 23.7 Å². The zero-order valence-corrected chi connectivity index (χ0v) is 19.5. The fourth-order valence-electron chi connectivity index (χ4n) is 6.04. The lowest BCUT2D eigenvalue weighted by atomic mass is 9.96. The summed E-state index contributed by atoms with van der Waals surface area (Å²) < 4.78 is 22.1. The van der Waals surface area contributed by atoms with Gasteiger partial charge >= 0.3 is 18.6 Å². The highest BCUT2D eigenvalue weighted by Gasteiger charge is 2.52. The second-order valence-corrected chi connectivity index (χ2v) is 14.4. The molecule has 6 unspecified atom stereocenters. The van der Waals surface area contributed by atoms with E-state index in [1.807, 2.05) is 0 Å². The molecule has 0 saturated heterocycles. The molecule has 0 aliphatic heterocycles. The van der Waals surface area contributed by atoms with Gasteiger partial charge in [0.05, 0.1) is 0 Å². The van der Waals surface area contributed by atoms with Crippen molar-refractivity contribution in [2.45, 2.75) is 49.6 Å². The molecule has 0 spiro atoms. The molecule has 0 radical (unpaired) electrons. The van der Waals surface area contributed by atoms with Gasteiger partial charge in [-0.1, -0.05) is 38.2 Å². The maximum absolute atomic E-state index is 5.52. The molecule has 148 valence electrons. The summed E-state index contributed by atoms with van der Waals surface area (Å²) in [6, 6.07) is 0. The van der Waals surface area contributed by atoms with E-state index in [9.17, 15) is 0 Å². The third-order valence-electron chi connectivity index (χ3n) is 7.24. The van der Waals surface area contributed by atoms with E-state index >= 15 is 0 Å². The van der Waals surface area contributed by atoms with Gasteiger partial charge in [0, 0.05) is 38.5 Å². The largest absolute Gasteiger partial charge is 0.399 e. The summed E-state index contributed by atoms with van der Waals surface area (Å²) in [6.07, 6.45) is 14.5. The third-order valence-corrected chi connectivity index (χ3v) is 12.2. The Morgan fingerprint density at radius 1 is 0.654 bits per heavy atom. The molecule has 2 fully saturated rings. The Morgan fingerprint density at radius 3 is 1.19 bits per heavy atom. The van der Waals surface area contributed by atoms with Gasteiger partial charge in [0.1, 0.15) is 0 Å². The average molecular weight is 397 g/mol. The fourth-order valence-corrected chi connectivity index (χ4v) is 10.9. The third kappa shape index (κ3) is 3.44. The zero-order valence-electron chi connectivity index (χ0n) is 17.2. The summed E-state index contributed by atoms with van der Waals surface area (Å²) in [5.41, 5.74) is 0. The number of rotatable bonds is 6. The van der Waals surface area contributed by atoms with Crippen molar-refractivity contribution in [3.63, 3.8) is 0 Å². The average Bonchev–Trinajstić information content (AvgIpc) is 3.36. The van der Waals surface area contributed by atoms with Crippen LogP contribution < -0.4 is 0 Å². The minimum absolute atomic E-state index is 0.313. The van der Waals surface area contributed by atoms with Crippen LogP contribution in [-0.4, -0.2) is 47.0 Å². The van der Waals surface area contributed by atoms with Crippen LogP contribution in [0.1, 0.15) is 39.5 Å². The quantitative estimate of drug-likeness (QED) is 0.507. The maximum atomic E-state index is 5.52.